The van der Waals surface area contributed by atoms with Crippen molar-refractivity contribution < 1.29 is 8.78 Å². The summed E-state index contributed by atoms with van der Waals surface area (Å²) >= 11 is 1.46. The van der Waals surface area contributed by atoms with Crippen LogP contribution in [0.25, 0.3) is 32.5 Å². The lowest BCUT2D eigenvalue weighted by Gasteiger charge is -2.10. The highest BCUT2D eigenvalue weighted by atomic mass is 32.1. The predicted molar refractivity (Wildman–Crippen MR) is 118 cm³/mol. The summed E-state index contributed by atoms with van der Waals surface area (Å²) in [7, 11) is 0. The van der Waals surface area contributed by atoms with Crippen molar-refractivity contribution in [3.63, 3.8) is 0 Å². The van der Waals surface area contributed by atoms with Crippen molar-refractivity contribution in [2.75, 3.05) is 5.32 Å². The van der Waals surface area contributed by atoms with Gasteiger partial charge in [-0.2, -0.15) is 0 Å². The molecule has 2 heterocycles. The van der Waals surface area contributed by atoms with Crippen molar-refractivity contribution in [3.05, 3.63) is 96.1 Å². The van der Waals surface area contributed by atoms with E-state index >= 15 is 0 Å². The van der Waals surface area contributed by atoms with Crippen LogP contribution in [0.1, 0.15) is 0 Å². The van der Waals surface area contributed by atoms with E-state index in [2.05, 4.69) is 39.6 Å². The lowest BCUT2D eigenvalue weighted by Crippen LogP contribution is -2.00. The first-order valence-electron chi connectivity index (χ1n) is 9.30. The number of benzene rings is 3. The van der Waals surface area contributed by atoms with Crippen molar-refractivity contribution in [3.8, 4) is 22.3 Å². The minimum atomic E-state index is -0.675. The first-order valence-corrected chi connectivity index (χ1v) is 10.2. The summed E-state index contributed by atoms with van der Waals surface area (Å²) in [6.07, 6.45) is 1.39. The van der Waals surface area contributed by atoms with E-state index in [0.29, 0.717) is 5.82 Å². The van der Waals surface area contributed by atoms with E-state index in [0.717, 1.165) is 32.5 Å². The molecule has 0 amide bonds. The Morgan fingerprint density at radius 1 is 0.700 bits per heavy atom. The van der Waals surface area contributed by atoms with E-state index in [1.807, 2.05) is 35.7 Å². The molecule has 5 aromatic rings. The van der Waals surface area contributed by atoms with Gasteiger partial charge in [0.15, 0.2) is 0 Å². The molecule has 146 valence electrons. The molecule has 2 aromatic heterocycles. The van der Waals surface area contributed by atoms with Crippen molar-refractivity contribution in [1.82, 2.24) is 9.97 Å². The zero-order valence-corrected chi connectivity index (χ0v) is 16.5. The fourth-order valence-electron chi connectivity index (χ4n) is 3.39. The molecular formula is C24H15F2N3S. The van der Waals surface area contributed by atoms with Crippen molar-refractivity contribution in [2.45, 2.75) is 0 Å². The Balaban J connectivity index is 1.58. The van der Waals surface area contributed by atoms with E-state index in [4.69, 9.17) is 0 Å². The quantitative estimate of drug-likeness (QED) is 0.342. The molecule has 0 bridgehead atoms. The standard InChI is InChI=1S/C24H15F2N3S/c25-19-7-4-8-20(26)22(19)29-23-21-18(13-30-24(21)28-14-27-23)17-11-9-16(10-12-17)15-5-2-1-3-6-15/h1-14H,(H,27,28,29). The second-order valence-corrected chi connectivity index (χ2v) is 7.57. The molecule has 6 heteroatoms. The normalized spacial score (nSPS) is 11.0. The Morgan fingerprint density at radius 2 is 1.37 bits per heavy atom. The highest BCUT2D eigenvalue weighted by Crippen LogP contribution is 2.38. The lowest BCUT2D eigenvalue weighted by molar-refractivity contribution is 0.590. The summed E-state index contributed by atoms with van der Waals surface area (Å²) in [5, 5.41) is 5.54. The number of halogens is 2. The van der Waals surface area contributed by atoms with E-state index < -0.39 is 11.6 Å². The van der Waals surface area contributed by atoms with Gasteiger partial charge in [0.2, 0.25) is 0 Å². The number of hydrogen-bond donors (Lipinski definition) is 1. The molecule has 0 saturated carbocycles. The molecule has 0 spiro atoms. The van der Waals surface area contributed by atoms with Crippen LogP contribution in [0, 0.1) is 11.6 Å². The van der Waals surface area contributed by atoms with E-state index in [-0.39, 0.29) is 5.69 Å². The monoisotopic (exact) mass is 415 g/mol. The van der Waals surface area contributed by atoms with Gasteiger partial charge in [0.05, 0.1) is 5.39 Å². The Kier molecular flexibility index (Phi) is 4.69. The first-order chi connectivity index (χ1) is 14.7. The number of hydrogen-bond acceptors (Lipinski definition) is 4. The predicted octanol–water partition coefficient (Wildman–Crippen LogP) is 7.05. The minimum Gasteiger partial charge on any atom is -0.335 e. The molecule has 0 aliphatic carbocycles. The second-order valence-electron chi connectivity index (χ2n) is 6.72. The summed E-state index contributed by atoms with van der Waals surface area (Å²) in [4.78, 5) is 9.32. The van der Waals surface area contributed by atoms with Gasteiger partial charge >= 0.3 is 0 Å². The topological polar surface area (TPSA) is 37.8 Å². The minimum absolute atomic E-state index is 0.228. The Bertz CT molecular complexity index is 1310. The number of para-hydroxylation sites is 1. The maximum absolute atomic E-state index is 14.1. The second kappa shape index (κ2) is 7.65. The molecule has 3 aromatic carbocycles. The SMILES string of the molecule is Fc1cccc(F)c1Nc1ncnc2scc(-c3ccc(-c4ccccc4)cc3)c12. The number of aromatic nitrogens is 2. The average molecular weight is 415 g/mol. The van der Waals surface area contributed by atoms with Gasteiger partial charge in [-0.1, -0.05) is 60.7 Å². The fraction of sp³-hybridized carbons (Fsp3) is 0. The fourth-order valence-corrected chi connectivity index (χ4v) is 4.31. The van der Waals surface area contributed by atoms with Gasteiger partial charge in [0, 0.05) is 10.9 Å². The van der Waals surface area contributed by atoms with Gasteiger partial charge in [-0.15, -0.1) is 11.3 Å². The third-order valence-corrected chi connectivity index (χ3v) is 5.77. The molecule has 0 radical (unpaired) electrons. The van der Waals surface area contributed by atoms with Crippen LogP contribution >= 0.6 is 11.3 Å². The van der Waals surface area contributed by atoms with E-state index in [9.17, 15) is 8.78 Å². The molecule has 0 aliphatic heterocycles. The zero-order chi connectivity index (χ0) is 20.5. The largest absolute Gasteiger partial charge is 0.335 e. The number of nitrogens with one attached hydrogen (secondary N) is 1. The van der Waals surface area contributed by atoms with Crippen LogP contribution in [0.3, 0.4) is 0 Å². The number of anilines is 2. The third kappa shape index (κ3) is 3.31. The molecule has 0 aliphatic rings. The lowest BCUT2D eigenvalue weighted by atomic mass is 10.0. The first kappa shape index (κ1) is 18.4. The summed E-state index contributed by atoms with van der Waals surface area (Å²) in [6.45, 7) is 0. The van der Waals surface area contributed by atoms with Gasteiger partial charge < -0.3 is 5.32 Å². The molecule has 30 heavy (non-hydrogen) atoms. The molecule has 5 rings (SSSR count). The number of thiophene rings is 1. The van der Waals surface area contributed by atoms with Crippen LogP contribution in [0.5, 0.6) is 0 Å². The van der Waals surface area contributed by atoms with Crippen molar-refractivity contribution in [2.24, 2.45) is 0 Å². The molecule has 0 saturated heterocycles. The van der Waals surface area contributed by atoms with Crippen LogP contribution in [-0.4, -0.2) is 9.97 Å². The van der Waals surface area contributed by atoms with Crippen LogP contribution < -0.4 is 5.32 Å². The molecule has 1 N–H and O–H groups in total. The Labute approximate surface area is 175 Å². The van der Waals surface area contributed by atoms with Crippen LogP contribution in [0.15, 0.2) is 84.5 Å². The highest BCUT2D eigenvalue weighted by molar-refractivity contribution is 7.17. The van der Waals surface area contributed by atoms with Gasteiger partial charge in [0.25, 0.3) is 0 Å². The average Bonchev–Trinajstić information content (AvgIpc) is 3.22. The molecule has 0 atom stereocenters. The van der Waals surface area contributed by atoms with Crippen LogP contribution in [-0.2, 0) is 0 Å². The third-order valence-electron chi connectivity index (χ3n) is 4.88. The van der Waals surface area contributed by atoms with Gasteiger partial charge in [0.1, 0.15) is 34.3 Å². The number of nitrogens with zero attached hydrogens (tertiary/aromatic N) is 2. The van der Waals surface area contributed by atoms with E-state index in [1.165, 1.54) is 35.9 Å². The Hall–Kier alpha value is -3.64. The number of rotatable bonds is 4. The zero-order valence-electron chi connectivity index (χ0n) is 15.6. The molecule has 0 unspecified atom stereocenters. The maximum atomic E-state index is 14.1. The molecule has 0 fully saturated rings. The summed E-state index contributed by atoms with van der Waals surface area (Å²) in [6, 6.07) is 22.1. The molecule has 3 nitrogen and oxygen atoms in total. The van der Waals surface area contributed by atoms with Crippen LogP contribution in [0.2, 0.25) is 0 Å². The van der Waals surface area contributed by atoms with Crippen LogP contribution in [0.4, 0.5) is 20.3 Å². The van der Waals surface area contributed by atoms with Crippen molar-refractivity contribution in [1.29, 1.82) is 0 Å². The summed E-state index contributed by atoms with van der Waals surface area (Å²) < 4.78 is 28.3. The van der Waals surface area contributed by atoms with Gasteiger partial charge in [-0.3, -0.25) is 0 Å². The summed E-state index contributed by atoms with van der Waals surface area (Å²) in [5.74, 6) is -0.983. The smallest absolute Gasteiger partial charge is 0.149 e. The highest BCUT2D eigenvalue weighted by Gasteiger charge is 2.16. The van der Waals surface area contributed by atoms with Crippen molar-refractivity contribution >= 4 is 33.1 Å². The van der Waals surface area contributed by atoms with Gasteiger partial charge in [-0.25, -0.2) is 18.7 Å². The summed E-state index contributed by atoms with van der Waals surface area (Å²) in [5.41, 5.74) is 3.91. The maximum Gasteiger partial charge on any atom is 0.149 e. The van der Waals surface area contributed by atoms with Gasteiger partial charge in [-0.05, 0) is 28.8 Å². The van der Waals surface area contributed by atoms with E-state index in [1.54, 1.807) is 0 Å². The number of fused-ring (bicyclic) bond motifs is 1. The molecular weight excluding hydrogens is 400 g/mol. The Morgan fingerprint density at radius 3 is 2.10 bits per heavy atom.